The van der Waals surface area contributed by atoms with E-state index in [1.165, 1.54) is 5.56 Å². The number of nitrogens with zero attached hydrogens (tertiary/aromatic N) is 2. The Morgan fingerprint density at radius 1 is 1.00 bits per heavy atom. The summed E-state index contributed by atoms with van der Waals surface area (Å²) in [6.45, 7) is 6.46. The van der Waals surface area contributed by atoms with Crippen LogP contribution in [0, 0.1) is 43.4 Å². The van der Waals surface area contributed by atoms with Gasteiger partial charge < -0.3 is 4.74 Å². The second kappa shape index (κ2) is 7.29. The Morgan fingerprint density at radius 2 is 1.65 bits per heavy atom. The molecule has 0 N–H and O–H groups in total. The number of hydrogen-bond donors (Lipinski definition) is 0. The summed E-state index contributed by atoms with van der Waals surface area (Å²) < 4.78 is 5.84. The third-order valence-electron chi connectivity index (χ3n) is 3.66. The first-order valence-electron chi connectivity index (χ1n) is 7.35. The van der Waals surface area contributed by atoms with Gasteiger partial charge in [0.1, 0.15) is 30.1 Å². The molecule has 0 unspecified atom stereocenters. The summed E-state index contributed by atoms with van der Waals surface area (Å²) >= 11 is 0. The SMILES string of the molecule is Cc1ccc(OCc2cc(C)cc(C=C(C#N)C#N)c2C)cc1. The van der Waals surface area contributed by atoms with Crippen molar-refractivity contribution in [2.75, 3.05) is 0 Å². The molecule has 0 aromatic heterocycles. The number of hydrogen-bond acceptors (Lipinski definition) is 3. The Balaban J connectivity index is 2.28. The molecule has 0 saturated heterocycles. The number of aryl methyl sites for hydroxylation is 2. The Kier molecular flexibility index (Phi) is 5.18. The predicted molar refractivity (Wildman–Crippen MR) is 90.6 cm³/mol. The molecule has 2 aromatic rings. The van der Waals surface area contributed by atoms with Crippen molar-refractivity contribution in [3.8, 4) is 17.9 Å². The maximum atomic E-state index is 8.93. The van der Waals surface area contributed by atoms with Gasteiger partial charge in [-0.15, -0.1) is 0 Å². The van der Waals surface area contributed by atoms with Crippen LogP contribution in [0.3, 0.4) is 0 Å². The number of ether oxygens (including phenoxy) is 1. The van der Waals surface area contributed by atoms with E-state index in [0.29, 0.717) is 6.61 Å². The van der Waals surface area contributed by atoms with Gasteiger partial charge in [-0.1, -0.05) is 35.4 Å². The van der Waals surface area contributed by atoms with Crippen LogP contribution >= 0.6 is 0 Å². The molecule has 0 bridgehead atoms. The highest BCUT2D eigenvalue weighted by atomic mass is 16.5. The third kappa shape index (κ3) is 4.22. The van der Waals surface area contributed by atoms with Crippen molar-refractivity contribution in [3.63, 3.8) is 0 Å². The molecule has 0 heterocycles. The van der Waals surface area contributed by atoms with Crippen molar-refractivity contribution < 1.29 is 4.74 Å². The van der Waals surface area contributed by atoms with Crippen molar-refractivity contribution >= 4 is 6.08 Å². The van der Waals surface area contributed by atoms with Gasteiger partial charge in [0.05, 0.1) is 0 Å². The van der Waals surface area contributed by atoms with Gasteiger partial charge in [0, 0.05) is 0 Å². The van der Waals surface area contributed by atoms with Crippen LogP contribution in [0.1, 0.15) is 27.8 Å². The van der Waals surface area contributed by atoms with Crippen LogP contribution < -0.4 is 4.74 Å². The Bertz CT molecular complexity index is 802. The molecule has 0 spiro atoms. The number of benzene rings is 2. The summed E-state index contributed by atoms with van der Waals surface area (Å²) in [6, 6.07) is 15.8. The maximum Gasteiger partial charge on any atom is 0.130 e. The van der Waals surface area contributed by atoms with Crippen molar-refractivity contribution in [2.24, 2.45) is 0 Å². The van der Waals surface area contributed by atoms with E-state index in [-0.39, 0.29) is 5.57 Å². The van der Waals surface area contributed by atoms with Crippen LogP contribution in [-0.4, -0.2) is 0 Å². The molecule has 0 aliphatic heterocycles. The lowest BCUT2D eigenvalue weighted by molar-refractivity contribution is 0.305. The van der Waals surface area contributed by atoms with Crippen LogP contribution in [0.5, 0.6) is 5.75 Å². The minimum Gasteiger partial charge on any atom is -0.489 e. The smallest absolute Gasteiger partial charge is 0.130 e. The average Bonchev–Trinajstić information content (AvgIpc) is 2.55. The Hall–Kier alpha value is -3.04. The first kappa shape index (κ1) is 16.3. The second-order valence-corrected chi connectivity index (χ2v) is 5.52. The molecule has 2 aromatic carbocycles. The molecule has 0 amide bonds. The van der Waals surface area contributed by atoms with Crippen LogP contribution in [-0.2, 0) is 6.61 Å². The molecular weight excluding hydrogens is 284 g/mol. The van der Waals surface area contributed by atoms with E-state index < -0.39 is 0 Å². The summed E-state index contributed by atoms with van der Waals surface area (Å²) in [5.74, 6) is 0.823. The van der Waals surface area contributed by atoms with Crippen molar-refractivity contribution in [3.05, 3.63) is 69.8 Å². The lowest BCUT2D eigenvalue weighted by Crippen LogP contribution is -2.00. The fourth-order valence-electron chi connectivity index (χ4n) is 2.30. The lowest BCUT2D eigenvalue weighted by atomic mass is 9.98. The van der Waals surface area contributed by atoms with Gasteiger partial charge in [-0.05, 0) is 55.7 Å². The molecule has 114 valence electrons. The number of nitriles is 2. The van der Waals surface area contributed by atoms with E-state index in [2.05, 4.69) is 6.07 Å². The summed E-state index contributed by atoms with van der Waals surface area (Å²) in [5, 5.41) is 17.9. The van der Waals surface area contributed by atoms with E-state index in [1.54, 1.807) is 6.08 Å². The summed E-state index contributed by atoms with van der Waals surface area (Å²) in [4.78, 5) is 0. The molecule has 3 heteroatoms. The average molecular weight is 302 g/mol. The van der Waals surface area contributed by atoms with E-state index in [4.69, 9.17) is 15.3 Å². The zero-order valence-electron chi connectivity index (χ0n) is 13.6. The largest absolute Gasteiger partial charge is 0.489 e. The van der Waals surface area contributed by atoms with Gasteiger partial charge in [0.2, 0.25) is 0 Å². The van der Waals surface area contributed by atoms with Crippen LogP contribution in [0.15, 0.2) is 42.0 Å². The van der Waals surface area contributed by atoms with Gasteiger partial charge in [0.25, 0.3) is 0 Å². The van der Waals surface area contributed by atoms with Crippen LogP contribution in [0.4, 0.5) is 0 Å². The van der Waals surface area contributed by atoms with Gasteiger partial charge in [-0.2, -0.15) is 10.5 Å². The first-order valence-corrected chi connectivity index (χ1v) is 7.35. The predicted octanol–water partition coefficient (Wildman–Crippen LogP) is 4.62. The van der Waals surface area contributed by atoms with Crippen molar-refractivity contribution in [2.45, 2.75) is 27.4 Å². The van der Waals surface area contributed by atoms with Crippen LogP contribution in [0.2, 0.25) is 0 Å². The molecule has 3 nitrogen and oxygen atoms in total. The molecule has 23 heavy (non-hydrogen) atoms. The zero-order chi connectivity index (χ0) is 16.8. The normalized spacial score (nSPS) is 9.61. The Morgan fingerprint density at radius 3 is 2.26 bits per heavy atom. The van der Waals surface area contributed by atoms with Gasteiger partial charge in [0.15, 0.2) is 0 Å². The maximum absolute atomic E-state index is 8.93. The van der Waals surface area contributed by atoms with Gasteiger partial charge in [-0.3, -0.25) is 0 Å². The number of rotatable bonds is 4. The minimum absolute atomic E-state index is 0.101. The highest BCUT2D eigenvalue weighted by molar-refractivity contribution is 5.65. The monoisotopic (exact) mass is 302 g/mol. The summed E-state index contributed by atoms with van der Waals surface area (Å²) in [7, 11) is 0. The highest BCUT2D eigenvalue weighted by Gasteiger charge is 2.07. The summed E-state index contributed by atoms with van der Waals surface area (Å²) in [6.07, 6.45) is 1.62. The van der Waals surface area contributed by atoms with Crippen molar-refractivity contribution in [1.29, 1.82) is 10.5 Å². The zero-order valence-corrected chi connectivity index (χ0v) is 13.6. The van der Waals surface area contributed by atoms with Crippen molar-refractivity contribution in [1.82, 2.24) is 0 Å². The minimum atomic E-state index is 0.101. The van der Waals surface area contributed by atoms with E-state index >= 15 is 0 Å². The van der Waals surface area contributed by atoms with Crippen LogP contribution in [0.25, 0.3) is 6.08 Å². The first-order chi connectivity index (χ1) is 11.0. The van der Waals surface area contributed by atoms with E-state index in [1.807, 2.05) is 63.2 Å². The standard InChI is InChI=1S/C20H18N2O/c1-14-4-6-20(7-5-14)23-13-19-9-15(2)8-18(16(19)3)10-17(11-21)12-22/h4-10H,13H2,1-3H3. The lowest BCUT2D eigenvalue weighted by Gasteiger charge is -2.12. The second-order valence-electron chi connectivity index (χ2n) is 5.52. The molecule has 0 atom stereocenters. The summed E-state index contributed by atoms with van der Waals surface area (Å²) in [5.41, 5.74) is 5.31. The highest BCUT2D eigenvalue weighted by Crippen LogP contribution is 2.22. The fraction of sp³-hybridized carbons (Fsp3) is 0.200. The van der Waals surface area contributed by atoms with E-state index in [9.17, 15) is 0 Å². The fourth-order valence-corrected chi connectivity index (χ4v) is 2.30. The molecule has 0 fully saturated rings. The topological polar surface area (TPSA) is 56.8 Å². The van der Waals surface area contributed by atoms with Gasteiger partial charge >= 0.3 is 0 Å². The Labute approximate surface area is 137 Å². The molecule has 0 radical (unpaired) electrons. The number of allylic oxidation sites excluding steroid dienone is 1. The van der Waals surface area contributed by atoms with Gasteiger partial charge in [-0.25, -0.2) is 0 Å². The molecule has 0 saturated carbocycles. The molecule has 0 aliphatic carbocycles. The quantitative estimate of drug-likeness (QED) is 0.774. The van der Waals surface area contributed by atoms with E-state index in [0.717, 1.165) is 28.0 Å². The molecule has 2 rings (SSSR count). The molecular formula is C20H18N2O. The third-order valence-corrected chi connectivity index (χ3v) is 3.66. The molecule has 0 aliphatic rings.